The molecule has 130 valence electrons. The first-order valence-electron chi connectivity index (χ1n) is 8.62. The van der Waals surface area contributed by atoms with E-state index in [-0.39, 0.29) is 23.4 Å². The first-order chi connectivity index (χ1) is 12.1. The Labute approximate surface area is 147 Å². The summed E-state index contributed by atoms with van der Waals surface area (Å²) in [6, 6.07) is 5.57. The van der Waals surface area contributed by atoms with Gasteiger partial charge in [0.1, 0.15) is 5.69 Å². The van der Waals surface area contributed by atoms with Gasteiger partial charge in [-0.25, -0.2) is 4.98 Å². The van der Waals surface area contributed by atoms with Crippen LogP contribution < -0.4 is 10.6 Å². The van der Waals surface area contributed by atoms with E-state index in [0.717, 1.165) is 31.2 Å². The molecule has 1 aromatic carbocycles. The molecule has 1 aromatic heterocycles. The molecule has 25 heavy (non-hydrogen) atoms. The average Bonchev–Trinajstić information content (AvgIpc) is 2.65. The molecule has 0 saturated heterocycles. The predicted molar refractivity (Wildman–Crippen MR) is 96.4 cm³/mol. The van der Waals surface area contributed by atoms with Gasteiger partial charge in [0.25, 0.3) is 5.91 Å². The highest BCUT2D eigenvalue weighted by Gasteiger charge is 2.22. The van der Waals surface area contributed by atoms with Gasteiger partial charge in [0.15, 0.2) is 0 Å². The zero-order valence-corrected chi connectivity index (χ0v) is 14.3. The number of amides is 2. The minimum Gasteiger partial charge on any atom is -0.324 e. The van der Waals surface area contributed by atoms with Crippen LogP contribution in [0.2, 0.25) is 0 Å². The number of carbonyl (C=O) groups is 2. The number of hydrogen-bond donors (Lipinski definition) is 2. The molecule has 0 bridgehead atoms. The van der Waals surface area contributed by atoms with Gasteiger partial charge in [0.2, 0.25) is 5.91 Å². The Morgan fingerprint density at radius 2 is 1.84 bits per heavy atom. The first-order valence-corrected chi connectivity index (χ1v) is 8.62. The maximum atomic E-state index is 12.5. The van der Waals surface area contributed by atoms with E-state index in [1.165, 1.54) is 25.0 Å². The molecule has 2 amide bonds. The number of anilines is 2. The SMILES string of the molecule is Cc1ccc(NC(=O)C2CCCCC2)c(NC(=O)c2cnccn2)c1. The maximum Gasteiger partial charge on any atom is 0.275 e. The minimum absolute atomic E-state index is 0.0264. The van der Waals surface area contributed by atoms with Gasteiger partial charge in [-0.2, -0.15) is 0 Å². The lowest BCUT2D eigenvalue weighted by molar-refractivity contribution is -0.120. The molecule has 0 radical (unpaired) electrons. The van der Waals surface area contributed by atoms with Crippen LogP contribution in [0.1, 0.15) is 48.2 Å². The van der Waals surface area contributed by atoms with Crippen molar-refractivity contribution in [3.8, 4) is 0 Å². The summed E-state index contributed by atoms with van der Waals surface area (Å²) in [5.41, 5.74) is 2.40. The second-order valence-corrected chi connectivity index (χ2v) is 6.42. The minimum atomic E-state index is -0.355. The van der Waals surface area contributed by atoms with Gasteiger partial charge in [0.05, 0.1) is 17.6 Å². The molecular weight excluding hydrogens is 316 g/mol. The molecule has 0 aliphatic heterocycles. The molecule has 1 aliphatic carbocycles. The fourth-order valence-corrected chi connectivity index (χ4v) is 3.07. The highest BCUT2D eigenvalue weighted by atomic mass is 16.2. The summed E-state index contributed by atoms with van der Waals surface area (Å²) in [4.78, 5) is 32.8. The highest BCUT2D eigenvalue weighted by molar-refractivity contribution is 6.06. The van der Waals surface area contributed by atoms with Crippen LogP contribution in [-0.2, 0) is 4.79 Å². The maximum absolute atomic E-state index is 12.5. The van der Waals surface area contributed by atoms with Crippen molar-refractivity contribution < 1.29 is 9.59 Å². The van der Waals surface area contributed by atoms with Crippen LogP contribution >= 0.6 is 0 Å². The second-order valence-electron chi connectivity index (χ2n) is 6.42. The Morgan fingerprint density at radius 3 is 2.56 bits per heavy atom. The van der Waals surface area contributed by atoms with Crippen molar-refractivity contribution in [3.05, 3.63) is 48.0 Å². The fraction of sp³-hybridized carbons (Fsp3) is 0.368. The Hall–Kier alpha value is -2.76. The third kappa shape index (κ3) is 4.41. The van der Waals surface area contributed by atoms with Gasteiger partial charge < -0.3 is 10.6 Å². The molecule has 0 atom stereocenters. The summed E-state index contributed by atoms with van der Waals surface area (Å²) in [5.74, 6) is -0.274. The molecule has 1 heterocycles. The number of nitrogens with zero attached hydrogens (tertiary/aromatic N) is 2. The highest BCUT2D eigenvalue weighted by Crippen LogP contribution is 2.28. The third-order valence-electron chi connectivity index (χ3n) is 4.45. The Bertz CT molecular complexity index is 755. The van der Waals surface area contributed by atoms with Crippen molar-refractivity contribution in [1.29, 1.82) is 0 Å². The molecule has 1 fully saturated rings. The zero-order valence-electron chi connectivity index (χ0n) is 14.3. The molecule has 3 rings (SSSR count). The summed E-state index contributed by atoms with van der Waals surface area (Å²) < 4.78 is 0. The molecule has 1 aliphatic rings. The topological polar surface area (TPSA) is 84.0 Å². The van der Waals surface area contributed by atoms with E-state index in [1.807, 2.05) is 25.1 Å². The number of carbonyl (C=O) groups excluding carboxylic acids is 2. The zero-order chi connectivity index (χ0) is 17.6. The third-order valence-corrected chi connectivity index (χ3v) is 4.45. The van der Waals surface area contributed by atoms with E-state index in [1.54, 1.807) is 0 Å². The van der Waals surface area contributed by atoms with Crippen LogP contribution in [0, 0.1) is 12.8 Å². The summed E-state index contributed by atoms with van der Waals surface area (Å²) in [7, 11) is 0. The number of hydrogen-bond acceptors (Lipinski definition) is 4. The van der Waals surface area contributed by atoms with Crippen molar-refractivity contribution in [2.45, 2.75) is 39.0 Å². The lowest BCUT2D eigenvalue weighted by atomic mass is 9.88. The number of nitrogens with one attached hydrogen (secondary N) is 2. The van der Waals surface area contributed by atoms with Crippen LogP contribution in [0.4, 0.5) is 11.4 Å². The van der Waals surface area contributed by atoms with E-state index in [9.17, 15) is 9.59 Å². The van der Waals surface area contributed by atoms with Gasteiger partial charge in [-0.1, -0.05) is 25.3 Å². The van der Waals surface area contributed by atoms with E-state index in [4.69, 9.17) is 0 Å². The van der Waals surface area contributed by atoms with Crippen molar-refractivity contribution in [2.75, 3.05) is 10.6 Å². The van der Waals surface area contributed by atoms with Gasteiger partial charge in [-0.15, -0.1) is 0 Å². The standard InChI is InChI=1S/C19H22N4O2/c1-13-7-8-15(22-18(24)14-5-3-2-4-6-14)16(11-13)23-19(25)17-12-20-9-10-21-17/h7-12,14H,2-6H2,1H3,(H,22,24)(H,23,25). The molecular formula is C19H22N4O2. The fourth-order valence-electron chi connectivity index (χ4n) is 3.07. The van der Waals surface area contributed by atoms with E-state index < -0.39 is 0 Å². The van der Waals surface area contributed by atoms with Crippen molar-refractivity contribution in [1.82, 2.24) is 9.97 Å². The Morgan fingerprint density at radius 1 is 1.04 bits per heavy atom. The normalized spacial score (nSPS) is 14.8. The van der Waals surface area contributed by atoms with Crippen molar-refractivity contribution in [2.24, 2.45) is 5.92 Å². The molecule has 2 aromatic rings. The summed E-state index contributed by atoms with van der Waals surface area (Å²) in [5, 5.41) is 5.79. The van der Waals surface area contributed by atoms with Gasteiger partial charge in [-0.3, -0.25) is 14.6 Å². The van der Waals surface area contributed by atoms with Crippen LogP contribution in [-0.4, -0.2) is 21.8 Å². The lowest BCUT2D eigenvalue weighted by Gasteiger charge is -2.21. The van der Waals surface area contributed by atoms with E-state index in [2.05, 4.69) is 20.6 Å². The quantitative estimate of drug-likeness (QED) is 0.893. The van der Waals surface area contributed by atoms with Crippen LogP contribution in [0.5, 0.6) is 0 Å². The number of aromatic nitrogens is 2. The van der Waals surface area contributed by atoms with E-state index in [0.29, 0.717) is 11.4 Å². The first kappa shape index (κ1) is 17.1. The van der Waals surface area contributed by atoms with Crippen molar-refractivity contribution >= 4 is 23.2 Å². The van der Waals surface area contributed by atoms with Crippen molar-refractivity contribution in [3.63, 3.8) is 0 Å². The summed E-state index contributed by atoms with van der Waals surface area (Å²) in [6.07, 6.45) is 9.65. The largest absolute Gasteiger partial charge is 0.324 e. The molecule has 0 spiro atoms. The molecule has 0 unspecified atom stereocenters. The van der Waals surface area contributed by atoms with Gasteiger partial charge in [-0.05, 0) is 37.5 Å². The van der Waals surface area contributed by atoms with E-state index >= 15 is 0 Å². The van der Waals surface area contributed by atoms with Gasteiger partial charge in [0, 0.05) is 18.3 Å². The monoisotopic (exact) mass is 338 g/mol. The van der Waals surface area contributed by atoms with Gasteiger partial charge >= 0.3 is 0 Å². The predicted octanol–water partition coefficient (Wildman–Crippen LogP) is 3.56. The smallest absolute Gasteiger partial charge is 0.275 e. The number of rotatable bonds is 4. The average molecular weight is 338 g/mol. The summed E-state index contributed by atoms with van der Waals surface area (Å²) >= 11 is 0. The molecule has 6 nitrogen and oxygen atoms in total. The lowest BCUT2D eigenvalue weighted by Crippen LogP contribution is -2.25. The van der Waals surface area contributed by atoms with Crippen LogP contribution in [0.3, 0.4) is 0 Å². The summed E-state index contributed by atoms with van der Waals surface area (Å²) in [6.45, 7) is 1.94. The molecule has 2 N–H and O–H groups in total. The number of benzene rings is 1. The second kappa shape index (κ2) is 7.88. The van der Waals surface area contributed by atoms with Crippen LogP contribution in [0.25, 0.3) is 0 Å². The Kier molecular flexibility index (Phi) is 5.38. The molecule has 1 saturated carbocycles. The van der Waals surface area contributed by atoms with Crippen LogP contribution in [0.15, 0.2) is 36.8 Å². The number of aryl methyl sites for hydroxylation is 1. The molecule has 6 heteroatoms. The Balaban J connectivity index is 1.76.